The third-order valence-corrected chi connectivity index (χ3v) is 7.25. The summed E-state index contributed by atoms with van der Waals surface area (Å²) in [5.74, 6) is -0.310. The maximum Gasteiger partial charge on any atom is 0.307 e. The third-order valence-electron chi connectivity index (χ3n) is 5.86. The molecule has 1 N–H and O–H groups in total. The van der Waals surface area contributed by atoms with Crippen molar-refractivity contribution in [1.82, 2.24) is 9.97 Å². The summed E-state index contributed by atoms with van der Waals surface area (Å²) in [6.45, 7) is 1.94. The van der Waals surface area contributed by atoms with Gasteiger partial charge in [0.2, 0.25) is 5.88 Å². The number of aryl methyl sites for hydroxylation is 1. The minimum atomic E-state index is -0.868. The molecule has 5 rings (SSSR count). The molecule has 0 aliphatic carbocycles. The Balaban J connectivity index is 1.68. The molecule has 0 unspecified atom stereocenters. The Labute approximate surface area is 211 Å². The first-order chi connectivity index (χ1) is 16.9. The molecule has 35 heavy (non-hydrogen) atoms. The van der Waals surface area contributed by atoms with Gasteiger partial charge >= 0.3 is 5.97 Å². The topological polar surface area (TPSA) is 72.3 Å². The normalized spacial score (nSPS) is 11.1. The second-order valence-electron chi connectivity index (χ2n) is 8.16. The van der Waals surface area contributed by atoms with Crippen LogP contribution in [-0.4, -0.2) is 28.2 Å². The summed E-state index contributed by atoms with van der Waals surface area (Å²) in [6.07, 6.45) is 1.66. The maximum absolute atomic E-state index is 11.7. The molecule has 0 saturated heterocycles. The summed E-state index contributed by atoms with van der Waals surface area (Å²) >= 11 is 7.69. The summed E-state index contributed by atoms with van der Waals surface area (Å²) in [6, 6.07) is 21.5. The van der Waals surface area contributed by atoms with Crippen LogP contribution in [0.15, 0.2) is 72.9 Å². The molecule has 2 heterocycles. The van der Waals surface area contributed by atoms with Gasteiger partial charge in [0.05, 0.1) is 23.7 Å². The maximum atomic E-state index is 11.7. The molecule has 0 spiro atoms. The van der Waals surface area contributed by atoms with Gasteiger partial charge in [0.25, 0.3) is 0 Å². The molecule has 2 aromatic heterocycles. The Morgan fingerprint density at radius 1 is 1.00 bits per heavy atom. The van der Waals surface area contributed by atoms with Crippen LogP contribution in [0.4, 0.5) is 0 Å². The highest BCUT2D eigenvalue weighted by Crippen LogP contribution is 2.41. The first-order valence-electron chi connectivity index (χ1n) is 10.9. The van der Waals surface area contributed by atoms with Crippen LogP contribution in [0.2, 0.25) is 5.02 Å². The molecular weight excluding hydrogens is 480 g/mol. The number of methoxy groups -OCH3 is 1. The van der Waals surface area contributed by atoms with Crippen molar-refractivity contribution in [3.8, 4) is 38.7 Å². The van der Waals surface area contributed by atoms with Gasteiger partial charge in [-0.3, -0.25) is 4.79 Å². The molecule has 0 saturated carbocycles. The zero-order valence-corrected chi connectivity index (χ0v) is 20.7. The predicted octanol–water partition coefficient (Wildman–Crippen LogP) is 7.29. The van der Waals surface area contributed by atoms with Crippen molar-refractivity contribution in [2.75, 3.05) is 7.11 Å². The van der Waals surface area contributed by atoms with Crippen LogP contribution >= 0.6 is 22.9 Å². The van der Waals surface area contributed by atoms with Crippen molar-refractivity contribution in [3.63, 3.8) is 0 Å². The van der Waals surface area contributed by atoms with Crippen molar-refractivity contribution in [1.29, 1.82) is 0 Å². The van der Waals surface area contributed by atoms with Gasteiger partial charge in [0.1, 0.15) is 5.01 Å². The number of halogens is 1. The number of benzene rings is 3. The third kappa shape index (κ3) is 4.63. The standard InChI is InChI=1S/C28H21ClN2O3S/c1-16-12-23-27(26(22(16)15-25(32)33)17-6-8-21(29)9-7-17)35-28(31-23)20-5-3-4-18(13-20)19-10-11-30-24(14-19)34-2/h3-14H,15H2,1-2H3,(H,32,33). The fraction of sp³-hybridized carbons (Fsp3) is 0.107. The van der Waals surface area contributed by atoms with E-state index >= 15 is 0 Å². The highest BCUT2D eigenvalue weighted by atomic mass is 35.5. The van der Waals surface area contributed by atoms with E-state index in [0.29, 0.717) is 10.9 Å². The Morgan fingerprint density at radius 2 is 1.74 bits per heavy atom. The van der Waals surface area contributed by atoms with Gasteiger partial charge in [-0.1, -0.05) is 41.9 Å². The van der Waals surface area contributed by atoms with Crippen LogP contribution in [0.1, 0.15) is 11.1 Å². The van der Waals surface area contributed by atoms with E-state index in [1.165, 1.54) is 0 Å². The number of thiazole rings is 1. The molecule has 7 heteroatoms. The van der Waals surface area contributed by atoms with Gasteiger partial charge in [-0.25, -0.2) is 9.97 Å². The van der Waals surface area contributed by atoms with E-state index in [1.54, 1.807) is 24.6 Å². The highest BCUT2D eigenvalue weighted by molar-refractivity contribution is 7.22. The number of aromatic nitrogens is 2. The largest absolute Gasteiger partial charge is 0.481 e. The molecule has 5 aromatic rings. The number of aliphatic carboxylic acids is 1. The Morgan fingerprint density at radius 3 is 2.49 bits per heavy atom. The fourth-order valence-corrected chi connectivity index (χ4v) is 5.45. The summed E-state index contributed by atoms with van der Waals surface area (Å²) in [5, 5.41) is 11.1. The van der Waals surface area contributed by atoms with E-state index in [4.69, 9.17) is 21.3 Å². The molecule has 0 aliphatic heterocycles. The molecule has 0 aliphatic rings. The predicted molar refractivity (Wildman–Crippen MR) is 141 cm³/mol. The van der Waals surface area contributed by atoms with Gasteiger partial charge in [-0.2, -0.15) is 0 Å². The quantitative estimate of drug-likeness (QED) is 0.265. The number of carbonyl (C=O) groups is 1. The number of carboxylic acids is 1. The number of ether oxygens (including phenoxy) is 1. The van der Waals surface area contributed by atoms with E-state index in [9.17, 15) is 9.90 Å². The van der Waals surface area contributed by atoms with Crippen LogP contribution < -0.4 is 4.74 Å². The number of pyridine rings is 1. The average molecular weight is 501 g/mol. The monoisotopic (exact) mass is 500 g/mol. The molecule has 0 amide bonds. The number of hydrogen-bond acceptors (Lipinski definition) is 5. The van der Waals surface area contributed by atoms with E-state index in [1.807, 2.05) is 67.6 Å². The van der Waals surface area contributed by atoms with Crippen LogP contribution in [0.5, 0.6) is 5.88 Å². The average Bonchev–Trinajstić information content (AvgIpc) is 3.28. The Bertz CT molecular complexity index is 1560. The lowest BCUT2D eigenvalue weighted by atomic mass is 9.93. The van der Waals surface area contributed by atoms with E-state index in [0.717, 1.165) is 54.2 Å². The lowest BCUT2D eigenvalue weighted by Gasteiger charge is -2.13. The highest BCUT2D eigenvalue weighted by Gasteiger charge is 2.19. The van der Waals surface area contributed by atoms with Gasteiger partial charge in [-0.15, -0.1) is 11.3 Å². The number of hydrogen-bond donors (Lipinski definition) is 1. The van der Waals surface area contributed by atoms with Crippen LogP contribution in [-0.2, 0) is 11.2 Å². The molecule has 0 bridgehead atoms. The summed E-state index contributed by atoms with van der Waals surface area (Å²) < 4.78 is 6.23. The zero-order chi connectivity index (χ0) is 24.5. The molecule has 5 nitrogen and oxygen atoms in total. The lowest BCUT2D eigenvalue weighted by Crippen LogP contribution is -2.04. The molecule has 0 radical (unpaired) electrons. The molecule has 0 atom stereocenters. The van der Waals surface area contributed by atoms with Gasteiger partial charge in [-0.05, 0) is 65.1 Å². The van der Waals surface area contributed by atoms with Crippen LogP contribution in [0, 0.1) is 6.92 Å². The molecule has 174 valence electrons. The van der Waals surface area contributed by atoms with Crippen LogP contribution in [0.3, 0.4) is 0 Å². The second kappa shape index (κ2) is 9.49. The van der Waals surface area contributed by atoms with Crippen LogP contribution in [0.25, 0.3) is 43.0 Å². The first-order valence-corrected chi connectivity index (χ1v) is 12.1. The van der Waals surface area contributed by atoms with Crippen molar-refractivity contribution >= 4 is 39.1 Å². The second-order valence-corrected chi connectivity index (χ2v) is 9.59. The zero-order valence-electron chi connectivity index (χ0n) is 19.1. The van der Waals surface area contributed by atoms with E-state index in [2.05, 4.69) is 11.1 Å². The number of nitrogens with zero attached hydrogens (tertiary/aromatic N) is 2. The lowest BCUT2D eigenvalue weighted by molar-refractivity contribution is -0.136. The van der Waals surface area contributed by atoms with Gasteiger partial charge in [0, 0.05) is 28.4 Å². The van der Waals surface area contributed by atoms with Gasteiger partial charge in [0.15, 0.2) is 0 Å². The van der Waals surface area contributed by atoms with Gasteiger partial charge < -0.3 is 9.84 Å². The molecular formula is C28H21ClN2O3S. The SMILES string of the molecule is COc1cc(-c2cccc(-c3nc4cc(C)c(CC(=O)O)c(-c5ccc(Cl)cc5)c4s3)c2)ccn1. The van der Waals surface area contributed by atoms with Crippen molar-refractivity contribution in [2.24, 2.45) is 0 Å². The Kier molecular flexibility index (Phi) is 6.24. The summed E-state index contributed by atoms with van der Waals surface area (Å²) in [4.78, 5) is 20.8. The van der Waals surface area contributed by atoms with Crippen molar-refractivity contribution in [3.05, 3.63) is 89.1 Å². The summed E-state index contributed by atoms with van der Waals surface area (Å²) in [5.41, 5.74) is 7.38. The van der Waals surface area contributed by atoms with Crippen molar-refractivity contribution in [2.45, 2.75) is 13.3 Å². The smallest absolute Gasteiger partial charge is 0.307 e. The summed E-state index contributed by atoms with van der Waals surface area (Å²) in [7, 11) is 1.60. The molecule has 0 fully saturated rings. The number of carboxylic acid groups (broad SMARTS) is 1. The minimum absolute atomic E-state index is 0.0632. The first kappa shape index (κ1) is 23.0. The Hall–Kier alpha value is -3.74. The van der Waals surface area contributed by atoms with E-state index < -0.39 is 5.97 Å². The minimum Gasteiger partial charge on any atom is -0.481 e. The number of rotatable bonds is 6. The fourth-order valence-electron chi connectivity index (χ4n) is 4.19. The van der Waals surface area contributed by atoms with E-state index in [-0.39, 0.29) is 6.42 Å². The van der Waals surface area contributed by atoms with Crippen molar-refractivity contribution < 1.29 is 14.6 Å². The number of fused-ring (bicyclic) bond motifs is 1. The molecule has 3 aromatic carbocycles.